The van der Waals surface area contributed by atoms with E-state index in [1.807, 2.05) is 6.92 Å². The molecule has 3 rings (SSSR count). The summed E-state index contributed by atoms with van der Waals surface area (Å²) in [6.07, 6.45) is -2.73. The maximum Gasteiger partial charge on any atom is 0.401 e. The summed E-state index contributed by atoms with van der Waals surface area (Å²) >= 11 is 0. The molecule has 1 atom stereocenters. The SMILES string of the molecule is CC1CN(CC(F)(F)F)CCN(C(=O)c2ccnc3c2nnn3C)C1. The second-order valence-corrected chi connectivity index (χ2v) is 6.45. The first-order chi connectivity index (χ1) is 11.7. The minimum Gasteiger partial charge on any atom is -0.337 e. The van der Waals surface area contributed by atoms with Gasteiger partial charge in [-0.15, -0.1) is 5.10 Å². The molecule has 10 heteroatoms. The first-order valence-corrected chi connectivity index (χ1v) is 7.97. The number of aromatic nitrogens is 4. The summed E-state index contributed by atoms with van der Waals surface area (Å²) in [6.45, 7) is 2.02. The fourth-order valence-electron chi connectivity index (χ4n) is 3.18. The quantitative estimate of drug-likeness (QED) is 0.812. The molecule has 0 saturated carbocycles. The highest BCUT2D eigenvalue weighted by molar-refractivity contribution is 6.03. The molecule has 0 spiro atoms. The van der Waals surface area contributed by atoms with Crippen LogP contribution in [0.1, 0.15) is 17.3 Å². The van der Waals surface area contributed by atoms with Crippen molar-refractivity contribution in [1.82, 2.24) is 29.8 Å². The number of hydrogen-bond acceptors (Lipinski definition) is 5. The Balaban J connectivity index is 1.80. The topological polar surface area (TPSA) is 67.2 Å². The van der Waals surface area contributed by atoms with Crippen LogP contribution < -0.4 is 0 Å². The zero-order valence-electron chi connectivity index (χ0n) is 14.0. The van der Waals surface area contributed by atoms with Crippen LogP contribution in [-0.2, 0) is 7.05 Å². The Bertz CT molecular complexity index is 774. The van der Waals surface area contributed by atoms with E-state index >= 15 is 0 Å². The summed E-state index contributed by atoms with van der Waals surface area (Å²) in [4.78, 5) is 20.0. The predicted octanol–water partition coefficient (Wildman–Crippen LogP) is 1.32. The molecular weight excluding hydrogens is 337 g/mol. The lowest BCUT2D eigenvalue weighted by atomic mass is 10.1. The smallest absolute Gasteiger partial charge is 0.337 e. The first-order valence-electron chi connectivity index (χ1n) is 7.97. The van der Waals surface area contributed by atoms with Crippen LogP contribution in [0.3, 0.4) is 0 Å². The third kappa shape index (κ3) is 3.89. The molecule has 136 valence electrons. The van der Waals surface area contributed by atoms with Gasteiger partial charge >= 0.3 is 6.18 Å². The molecule has 0 bridgehead atoms. The zero-order valence-corrected chi connectivity index (χ0v) is 14.0. The highest BCUT2D eigenvalue weighted by atomic mass is 19.4. The Hall–Kier alpha value is -2.23. The molecule has 25 heavy (non-hydrogen) atoms. The van der Waals surface area contributed by atoms with Crippen LogP contribution >= 0.6 is 0 Å². The molecule has 0 N–H and O–H groups in total. The number of carbonyl (C=O) groups is 1. The fraction of sp³-hybridized carbons (Fsp3) is 0.600. The summed E-state index contributed by atoms with van der Waals surface area (Å²) in [5.74, 6) is -0.318. The molecule has 1 aliphatic rings. The van der Waals surface area contributed by atoms with Crippen LogP contribution in [0.2, 0.25) is 0 Å². The Labute approximate surface area is 142 Å². The number of carbonyl (C=O) groups excluding carboxylic acids is 1. The number of hydrogen-bond donors (Lipinski definition) is 0. The van der Waals surface area contributed by atoms with E-state index in [2.05, 4.69) is 15.3 Å². The third-order valence-corrected chi connectivity index (χ3v) is 4.20. The van der Waals surface area contributed by atoms with Crippen LogP contribution in [-0.4, -0.2) is 74.6 Å². The molecule has 1 saturated heterocycles. The van der Waals surface area contributed by atoms with Gasteiger partial charge in [0.25, 0.3) is 5.91 Å². The van der Waals surface area contributed by atoms with Crippen molar-refractivity contribution < 1.29 is 18.0 Å². The van der Waals surface area contributed by atoms with Gasteiger partial charge in [-0.2, -0.15) is 13.2 Å². The molecular formula is C15H19F3N6O. The largest absolute Gasteiger partial charge is 0.401 e. The standard InChI is InChI=1S/C15H19F3N6O/c1-10-7-23(9-15(16,17)18)5-6-24(8-10)14(25)11-3-4-19-13-12(11)20-21-22(13)2/h3-4,10H,5-9H2,1-2H3. The number of amides is 1. The van der Waals surface area contributed by atoms with Crippen molar-refractivity contribution in [3.05, 3.63) is 17.8 Å². The van der Waals surface area contributed by atoms with E-state index in [1.54, 1.807) is 18.0 Å². The van der Waals surface area contributed by atoms with Crippen molar-refractivity contribution in [2.75, 3.05) is 32.7 Å². The van der Waals surface area contributed by atoms with Crippen LogP contribution in [0.25, 0.3) is 11.2 Å². The predicted molar refractivity (Wildman–Crippen MR) is 83.9 cm³/mol. The second-order valence-electron chi connectivity index (χ2n) is 6.45. The van der Waals surface area contributed by atoms with E-state index in [9.17, 15) is 18.0 Å². The average molecular weight is 356 g/mol. The molecule has 2 aromatic heterocycles. The van der Waals surface area contributed by atoms with E-state index < -0.39 is 12.7 Å². The normalized spacial score (nSPS) is 20.0. The van der Waals surface area contributed by atoms with Crippen LogP contribution in [0, 0.1) is 5.92 Å². The summed E-state index contributed by atoms with van der Waals surface area (Å²) in [7, 11) is 1.68. The van der Waals surface area contributed by atoms with Crippen LogP contribution in [0.15, 0.2) is 12.3 Å². The third-order valence-electron chi connectivity index (χ3n) is 4.20. The highest BCUT2D eigenvalue weighted by Gasteiger charge is 2.33. The molecule has 0 aromatic carbocycles. The molecule has 1 aliphatic heterocycles. The molecule has 2 aromatic rings. The Kier molecular flexibility index (Phi) is 4.63. The zero-order chi connectivity index (χ0) is 18.2. The average Bonchev–Trinajstić information content (AvgIpc) is 2.80. The number of fused-ring (bicyclic) bond motifs is 1. The van der Waals surface area contributed by atoms with Gasteiger partial charge in [0, 0.05) is 39.4 Å². The summed E-state index contributed by atoms with van der Waals surface area (Å²) in [5, 5.41) is 7.85. The van der Waals surface area contributed by atoms with Gasteiger partial charge in [0.05, 0.1) is 12.1 Å². The van der Waals surface area contributed by atoms with Gasteiger partial charge in [0.15, 0.2) is 5.65 Å². The van der Waals surface area contributed by atoms with Gasteiger partial charge in [0.1, 0.15) is 5.52 Å². The number of aryl methyl sites for hydroxylation is 1. The Morgan fingerprint density at radius 3 is 2.80 bits per heavy atom. The molecule has 1 amide bonds. The lowest BCUT2D eigenvalue weighted by molar-refractivity contribution is -0.146. The van der Waals surface area contributed by atoms with Crippen LogP contribution in [0.4, 0.5) is 13.2 Å². The van der Waals surface area contributed by atoms with Crippen molar-refractivity contribution in [2.45, 2.75) is 13.1 Å². The number of alkyl halides is 3. The Morgan fingerprint density at radius 2 is 2.08 bits per heavy atom. The van der Waals surface area contributed by atoms with Crippen LogP contribution in [0.5, 0.6) is 0 Å². The molecule has 0 radical (unpaired) electrons. The van der Waals surface area contributed by atoms with E-state index in [4.69, 9.17) is 0 Å². The molecule has 1 fully saturated rings. The molecule has 1 unspecified atom stereocenters. The van der Waals surface area contributed by atoms with Crippen molar-refractivity contribution in [3.8, 4) is 0 Å². The molecule has 3 heterocycles. The maximum atomic E-state index is 12.9. The number of nitrogens with zero attached hydrogens (tertiary/aromatic N) is 6. The number of pyridine rings is 1. The van der Waals surface area contributed by atoms with Gasteiger partial charge in [-0.05, 0) is 12.0 Å². The minimum atomic E-state index is -4.24. The number of halogens is 3. The monoisotopic (exact) mass is 356 g/mol. The summed E-state index contributed by atoms with van der Waals surface area (Å²) < 4.78 is 39.4. The van der Waals surface area contributed by atoms with Gasteiger partial charge in [-0.1, -0.05) is 12.1 Å². The van der Waals surface area contributed by atoms with Crippen molar-refractivity contribution in [3.63, 3.8) is 0 Å². The van der Waals surface area contributed by atoms with Gasteiger partial charge in [0.2, 0.25) is 0 Å². The van der Waals surface area contributed by atoms with Crippen molar-refractivity contribution >= 4 is 17.1 Å². The second kappa shape index (κ2) is 6.58. The fourth-order valence-corrected chi connectivity index (χ4v) is 3.18. The lowest BCUT2D eigenvalue weighted by Gasteiger charge is -2.22. The van der Waals surface area contributed by atoms with Crippen molar-refractivity contribution in [1.29, 1.82) is 0 Å². The van der Waals surface area contributed by atoms with Crippen molar-refractivity contribution in [2.24, 2.45) is 13.0 Å². The maximum absolute atomic E-state index is 12.9. The van der Waals surface area contributed by atoms with E-state index in [1.165, 1.54) is 15.8 Å². The summed E-state index contributed by atoms with van der Waals surface area (Å²) in [5.41, 5.74) is 1.26. The molecule has 7 nitrogen and oxygen atoms in total. The van der Waals surface area contributed by atoms with Gasteiger partial charge in [-0.25, -0.2) is 9.67 Å². The van der Waals surface area contributed by atoms with Gasteiger partial charge in [-0.3, -0.25) is 9.69 Å². The minimum absolute atomic E-state index is 0.0621. The van der Waals surface area contributed by atoms with Gasteiger partial charge < -0.3 is 4.90 Å². The van der Waals surface area contributed by atoms with E-state index in [0.29, 0.717) is 29.8 Å². The molecule has 0 aliphatic carbocycles. The number of rotatable bonds is 2. The lowest BCUT2D eigenvalue weighted by Crippen LogP contribution is -2.38. The van der Waals surface area contributed by atoms with E-state index in [-0.39, 0.29) is 24.9 Å². The Morgan fingerprint density at radius 1 is 1.32 bits per heavy atom. The van der Waals surface area contributed by atoms with E-state index in [0.717, 1.165) is 0 Å². The summed E-state index contributed by atoms with van der Waals surface area (Å²) in [6, 6.07) is 1.57. The first kappa shape index (κ1) is 17.6. The highest BCUT2D eigenvalue weighted by Crippen LogP contribution is 2.21.